The van der Waals surface area contributed by atoms with E-state index in [-0.39, 0.29) is 18.9 Å². The molecular formula is C17H17ClF3N5O3. The second-order valence-corrected chi connectivity index (χ2v) is 7.28. The highest BCUT2D eigenvalue weighted by Gasteiger charge is 2.49. The van der Waals surface area contributed by atoms with Gasteiger partial charge in [-0.15, -0.1) is 5.10 Å². The molecule has 2 aromatic rings. The van der Waals surface area contributed by atoms with Crippen LogP contribution in [0.15, 0.2) is 30.6 Å². The van der Waals surface area contributed by atoms with Crippen molar-refractivity contribution in [1.82, 2.24) is 25.0 Å². The predicted molar refractivity (Wildman–Crippen MR) is 95.4 cm³/mol. The highest BCUT2D eigenvalue weighted by Crippen LogP contribution is 2.27. The molecule has 1 amide bonds. The number of aromatic nitrogens is 3. The number of hydrogen-bond donors (Lipinski definition) is 1. The lowest BCUT2D eigenvalue weighted by Gasteiger charge is -2.46. The summed E-state index contributed by atoms with van der Waals surface area (Å²) in [4.78, 5) is 29.4. The summed E-state index contributed by atoms with van der Waals surface area (Å²) >= 11 is 5.95. The molecule has 1 aliphatic heterocycles. The van der Waals surface area contributed by atoms with Crippen molar-refractivity contribution in [2.24, 2.45) is 0 Å². The minimum atomic E-state index is -5.14. The van der Waals surface area contributed by atoms with Crippen LogP contribution in [0.5, 0.6) is 0 Å². The zero-order valence-electron chi connectivity index (χ0n) is 15.4. The van der Waals surface area contributed by atoms with Gasteiger partial charge in [-0.3, -0.25) is 10.1 Å². The van der Waals surface area contributed by atoms with E-state index in [2.05, 4.69) is 20.1 Å². The predicted octanol–water partition coefficient (Wildman–Crippen LogP) is 2.18. The smallest absolute Gasteiger partial charge is 0.437 e. The zero-order chi connectivity index (χ0) is 21.4. The van der Waals surface area contributed by atoms with E-state index in [1.165, 1.54) is 29.8 Å². The number of alkyl halides is 3. The Labute approximate surface area is 168 Å². The van der Waals surface area contributed by atoms with Crippen LogP contribution in [-0.4, -0.2) is 62.6 Å². The Hall–Kier alpha value is -2.66. The lowest BCUT2D eigenvalue weighted by molar-refractivity contribution is -0.213. The van der Waals surface area contributed by atoms with E-state index in [0.717, 1.165) is 0 Å². The quantitative estimate of drug-likeness (QED) is 0.749. The molecule has 12 heteroatoms. The molecule has 0 spiro atoms. The van der Waals surface area contributed by atoms with Gasteiger partial charge in [-0.25, -0.2) is 14.5 Å². The zero-order valence-corrected chi connectivity index (χ0v) is 16.2. The summed E-state index contributed by atoms with van der Waals surface area (Å²) in [5, 5.41) is 7.30. The van der Waals surface area contributed by atoms with Crippen molar-refractivity contribution in [2.45, 2.75) is 31.8 Å². The molecule has 1 fully saturated rings. The van der Waals surface area contributed by atoms with Gasteiger partial charge in [-0.2, -0.15) is 13.2 Å². The van der Waals surface area contributed by atoms with Crippen molar-refractivity contribution in [3.05, 3.63) is 41.4 Å². The summed E-state index contributed by atoms with van der Waals surface area (Å²) in [5.74, 6) is -3.09. The number of carbonyl (C=O) groups excluding carboxylic acids is 2. The normalized spacial score (nSPS) is 19.1. The first-order valence-corrected chi connectivity index (χ1v) is 8.88. The van der Waals surface area contributed by atoms with Gasteiger partial charge >= 0.3 is 12.1 Å². The molecule has 1 aliphatic rings. The average Bonchev–Trinajstić information content (AvgIpc) is 3.12. The summed E-state index contributed by atoms with van der Waals surface area (Å²) in [6.07, 6.45) is -5.17. The largest absolute Gasteiger partial charge is 0.490 e. The van der Waals surface area contributed by atoms with Crippen LogP contribution in [0.2, 0.25) is 5.02 Å². The molecule has 3 rings (SSSR count). The van der Waals surface area contributed by atoms with Crippen LogP contribution in [0.3, 0.4) is 0 Å². The number of carbonyl (C=O) groups is 2. The Morgan fingerprint density at radius 3 is 2.72 bits per heavy atom. The van der Waals surface area contributed by atoms with E-state index in [1.54, 1.807) is 24.3 Å². The van der Waals surface area contributed by atoms with E-state index in [4.69, 9.17) is 11.6 Å². The van der Waals surface area contributed by atoms with Crippen molar-refractivity contribution in [2.75, 3.05) is 13.1 Å². The molecule has 1 N–H and O–H groups in total. The standard InChI is InChI=1S/C17H17ClF3N5O3/c1-16(2)14(29-15(28)17(19,20)21)22-6-7-25(16)13(27)12-23-9-26(24-12)11-5-3-4-10(18)8-11/h3-5,8-9,14,22H,6-7H2,1-2H3. The molecule has 1 aromatic heterocycles. The van der Waals surface area contributed by atoms with Crippen molar-refractivity contribution in [3.8, 4) is 5.69 Å². The number of benzene rings is 1. The van der Waals surface area contributed by atoms with Gasteiger partial charge in [0.15, 0.2) is 6.23 Å². The topological polar surface area (TPSA) is 89.4 Å². The molecule has 0 radical (unpaired) electrons. The van der Waals surface area contributed by atoms with Crippen molar-refractivity contribution in [3.63, 3.8) is 0 Å². The fourth-order valence-electron chi connectivity index (χ4n) is 2.93. The number of rotatable bonds is 3. The second-order valence-electron chi connectivity index (χ2n) is 6.84. The van der Waals surface area contributed by atoms with Gasteiger partial charge in [0, 0.05) is 18.1 Å². The van der Waals surface area contributed by atoms with Gasteiger partial charge < -0.3 is 9.64 Å². The van der Waals surface area contributed by atoms with Gasteiger partial charge in [-0.05, 0) is 32.0 Å². The van der Waals surface area contributed by atoms with Crippen LogP contribution in [0, 0.1) is 0 Å². The molecule has 8 nitrogen and oxygen atoms in total. The molecule has 1 aromatic carbocycles. The van der Waals surface area contributed by atoms with Gasteiger partial charge in [0.25, 0.3) is 5.91 Å². The minimum Gasteiger partial charge on any atom is -0.437 e. The third-order valence-corrected chi connectivity index (χ3v) is 4.69. The van der Waals surface area contributed by atoms with E-state index >= 15 is 0 Å². The monoisotopic (exact) mass is 431 g/mol. The molecule has 29 heavy (non-hydrogen) atoms. The Morgan fingerprint density at radius 1 is 1.34 bits per heavy atom. The van der Waals surface area contributed by atoms with E-state index in [0.29, 0.717) is 10.7 Å². The lowest BCUT2D eigenvalue weighted by atomic mass is 9.97. The highest BCUT2D eigenvalue weighted by molar-refractivity contribution is 6.30. The molecule has 0 aliphatic carbocycles. The number of amides is 1. The number of ether oxygens (including phenoxy) is 1. The van der Waals surface area contributed by atoms with Gasteiger partial charge in [-0.1, -0.05) is 17.7 Å². The number of esters is 1. The maximum Gasteiger partial charge on any atom is 0.490 e. The Morgan fingerprint density at radius 2 is 2.07 bits per heavy atom. The van der Waals surface area contributed by atoms with Crippen molar-refractivity contribution >= 4 is 23.5 Å². The summed E-state index contributed by atoms with van der Waals surface area (Å²) in [6.45, 7) is 3.26. The van der Waals surface area contributed by atoms with Crippen LogP contribution < -0.4 is 5.32 Å². The van der Waals surface area contributed by atoms with Crippen LogP contribution >= 0.6 is 11.6 Å². The molecule has 0 saturated carbocycles. The van der Waals surface area contributed by atoms with Gasteiger partial charge in [0.2, 0.25) is 5.82 Å². The molecule has 1 unspecified atom stereocenters. The Kier molecular flexibility index (Phi) is 5.54. The molecule has 2 heterocycles. The third kappa shape index (κ3) is 4.35. The molecular weight excluding hydrogens is 415 g/mol. The van der Waals surface area contributed by atoms with E-state index in [1.807, 2.05) is 0 Å². The fourth-order valence-corrected chi connectivity index (χ4v) is 3.12. The van der Waals surface area contributed by atoms with E-state index < -0.39 is 29.8 Å². The van der Waals surface area contributed by atoms with Gasteiger partial charge in [0.05, 0.1) is 11.2 Å². The van der Waals surface area contributed by atoms with Crippen LogP contribution in [0.4, 0.5) is 13.2 Å². The number of hydrogen-bond acceptors (Lipinski definition) is 6. The van der Waals surface area contributed by atoms with Crippen LogP contribution in [0.1, 0.15) is 24.5 Å². The molecule has 156 valence electrons. The fraction of sp³-hybridized carbons (Fsp3) is 0.412. The lowest BCUT2D eigenvalue weighted by Crippen LogP contribution is -2.67. The maximum absolute atomic E-state index is 12.9. The SMILES string of the molecule is CC1(C)C(OC(=O)C(F)(F)F)NCCN1C(=O)c1ncn(-c2cccc(Cl)c2)n1. The van der Waals surface area contributed by atoms with E-state index in [9.17, 15) is 22.8 Å². The van der Waals surface area contributed by atoms with Gasteiger partial charge in [0.1, 0.15) is 6.33 Å². The molecule has 1 saturated heterocycles. The third-order valence-electron chi connectivity index (χ3n) is 4.46. The first-order valence-electron chi connectivity index (χ1n) is 8.51. The maximum atomic E-state index is 12.9. The summed E-state index contributed by atoms with van der Waals surface area (Å²) in [6, 6.07) is 6.74. The van der Waals surface area contributed by atoms with Crippen LogP contribution in [-0.2, 0) is 9.53 Å². The highest BCUT2D eigenvalue weighted by atomic mass is 35.5. The molecule has 0 bridgehead atoms. The second kappa shape index (κ2) is 7.64. The summed E-state index contributed by atoms with van der Waals surface area (Å²) < 4.78 is 43.6. The number of halogens is 4. The van der Waals surface area contributed by atoms with Crippen molar-refractivity contribution < 1.29 is 27.5 Å². The van der Waals surface area contributed by atoms with Crippen molar-refractivity contribution in [1.29, 1.82) is 0 Å². The number of nitrogens with zero attached hydrogens (tertiary/aromatic N) is 4. The Balaban J connectivity index is 1.81. The minimum absolute atomic E-state index is 0.125. The summed E-state index contributed by atoms with van der Waals surface area (Å²) in [7, 11) is 0. The first kappa shape index (κ1) is 21.1. The molecule has 1 atom stereocenters. The number of nitrogens with one attached hydrogen (secondary N) is 1. The Bertz CT molecular complexity index is 931. The van der Waals surface area contributed by atoms with Crippen LogP contribution in [0.25, 0.3) is 5.69 Å². The summed E-state index contributed by atoms with van der Waals surface area (Å²) in [5.41, 5.74) is -0.696. The first-order chi connectivity index (χ1) is 13.5. The number of piperazine rings is 1. The average molecular weight is 432 g/mol.